The second-order valence-corrected chi connectivity index (χ2v) is 17.6. The molecule has 0 saturated heterocycles. The van der Waals surface area contributed by atoms with Crippen molar-refractivity contribution in [2.75, 3.05) is 0 Å². The van der Waals surface area contributed by atoms with E-state index in [0.717, 1.165) is 11.4 Å². The summed E-state index contributed by atoms with van der Waals surface area (Å²) in [6.07, 6.45) is 4.07. The summed E-state index contributed by atoms with van der Waals surface area (Å²) >= 11 is 0. The fraction of sp³-hybridized carbons (Fsp3) is 0.348. The second-order valence-electron chi connectivity index (χ2n) is 17.6. The molecule has 5 aliphatic rings. The van der Waals surface area contributed by atoms with Gasteiger partial charge in [0.15, 0.2) is 0 Å². The zero-order chi connectivity index (χ0) is 32.6. The molecular formula is C46H43B. The Morgan fingerprint density at radius 1 is 0.404 bits per heavy atom. The van der Waals surface area contributed by atoms with Gasteiger partial charge in [-0.2, -0.15) is 0 Å². The van der Waals surface area contributed by atoms with Gasteiger partial charge in [-0.3, -0.25) is 0 Å². The maximum atomic E-state index is 6.30. The summed E-state index contributed by atoms with van der Waals surface area (Å²) in [4.78, 5) is 0. The van der Waals surface area contributed by atoms with Gasteiger partial charge in [-0.25, -0.2) is 0 Å². The van der Waals surface area contributed by atoms with Crippen LogP contribution in [-0.2, 0) is 21.7 Å². The molecule has 0 bridgehead atoms. The van der Waals surface area contributed by atoms with Crippen LogP contribution in [0.3, 0.4) is 0 Å². The third-order valence-corrected chi connectivity index (χ3v) is 13.7. The van der Waals surface area contributed by atoms with Crippen LogP contribution in [0.25, 0.3) is 44.5 Å². The van der Waals surface area contributed by atoms with E-state index in [1.807, 2.05) is 0 Å². The molecule has 0 heterocycles. The molecule has 10 rings (SSSR count). The third-order valence-electron chi connectivity index (χ3n) is 13.7. The quantitative estimate of drug-likeness (QED) is 0.167. The van der Waals surface area contributed by atoms with Crippen molar-refractivity contribution in [3.8, 4) is 44.5 Å². The fourth-order valence-electron chi connectivity index (χ4n) is 10.4. The third kappa shape index (κ3) is 3.27. The lowest BCUT2D eigenvalue weighted by molar-refractivity contribution is 0.419. The highest BCUT2D eigenvalue weighted by atomic mass is 14.5. The monoisotopic (exact) mass is 606 g/mol. The van der Waals surface area contributed by atoms with Gasteiger partial charge in [0.1, 0.15) is 7.85 Å². The highest BCUT2D eigenvalue weighted by molar-refractivity contribution is 6.32. The molecule has 0 spiro atoms. The molecule has 47 heavy (non-hydrogen) atoms. The van der Waals surface area contributed by atoms with E-state index in [1.165, 1.54) is 108 Å². The average Bonchev–Trinajstić information content (AvgIpc) is 3.54. The van der Waals surface area contributed by atoms with Gasteiger partial charge in [-0.05, 0) is 150 Å². The molecule has 0 nitrogen and oxygen atoms in total. The fourth-order valence-corrected chi connectivity index (χ4v) is 10.4. The van der Waals surface area contributed by atoms with Crippen LogP contribution in [0.15, 0.2) is 72.8 Å². The summed E-state index contributed by atoms with van der Waals surface area (Å²) in [5.74, 6) is 0.756. The summed E-state index contributed by atoms with van der Waals surface area (Å²) in [5, 5.41) is 0. The summed E-state index contributed by atoms with van der Waals surface area (Å²) in [7, 11) is 6.30. The largest absolute Gasteiger partial charge is 0.113 e. The number of benzene rings is 5. The Labute approximate surface area is 282 Å². The van der Waals surface area contributed by atoms with Gasteiger partial charge < -0.3 is 0 Å². The minimum Gasteiger partial charge on any atom is -0.0963 e. The molecule has 0 unspecified atom stereocenters. The van der Waals surface area contributed by atoms with Gasteiger partial charge in [0.05, 0.1) is 0 Å². The average molecular weight is 607 g/mol. The van der Waals surface area contributed by atoms with Crippen molar-refractivity contribution in [3.05, 3.63) is 123 Å². The van der Waals surface area contributed by atoms with Gasteiger partial charge in [0.2, 0.25) is 0 Å². The molecule has 1 heteroatoms. The van der Waals surface area contributed by atoms with Gasteiger partial charge in [-0.1, -0.05) is 104 Å². The summed E-state index contributed by atoms with van der Waals surface area (Å²) in [5.41, 5.74) is 25.0. The van der Waals surface area contributed by atoms with Crippen LogP contribution in [0, 0.1) is 0 Å². The standard InChI is InChI=1S/C46H43B/c1-43(2)35-16-25(24-10-9-11-24)12-14-27(35)29-18-39-31(20-37(29)43)33-22-42-34(23-41(33)45(39,5)6)32-21-38-30(19-40(32)46(42,7)8)28-15-13-26(47)17-36(28)44(38,3)4/h12-24H,9-11H2,1-8H3. The number of hydrogen-bond donors (Lipinski definition) is 0. The van der Waals surface area contributed by atoms with Crippen LogP contribution in [0.2, 0.25) is 0 Å². The van der Waals surface area contributed by atoms with E-state index in [1.54, 1.807) is 5.56 Å². The van der Waals surface area contributed by atoms with Crippen molar-refractivity contribution in [1.29, 1.82) is 0 Å². The predicted molar refractivity (Wildman–Crippen MR) is 199 cm³/mol. The minimum absolute atomic E-state index is 0.00704. The van der Waals surface area contributed by atoms with Crippen molar-refractivity contribution in [2.45, 2.75) is 102 Å². The Kier molecular flexibility index (Phi) is 5.05. The molecule has 0 N–H and O–H groups in total. The SMILES string of the molecule is [B]c1ccc2c(c1)C(C)(C)c1cc3c(cc1-2)C(C)(C)c1cc2c(cc1-3)C(C)(C)c1cc3c(cc1-2)C(C)(C)c1cc(C2CCC2)ccc1-3. The van der Waals surface area contributed by atoms with Crippen molar-refractivity contribution in [2.24, 2.45) is 0 Å². The molecule has 0 aromatic heterocycles. The maximum absolute atomic E-state index is 6.30. The van der Waals surface area contributed by atoms with Crippen molar-refractivity contribution in [1.82, 2.24) is 0 Å². The van der Waals surface area contributed by atoms with Crippen molar-refractivity contribution >= 4 is 13.3 Å². The molecule has 2 radical (unpaired) electrons. The predicted octanol–water partition coefficient (Wildman–Crippen LogP) is 11.0. The van der Waals surface area contributed by atoms with E-state index in [0.29, 0.717) is 0 Å². The van der Waals surface area contributed by atoms with Crippen molar-refractivity contribution < 1.29 is 0 Å². The molecule has 5 aliphatic carbocycles. The zero-order valence-electron chi connectivity index (χ0n) is 29.2. The van der Waals surface area contributed by atoms with Gasteiger partial charge in [-0.15, -0.1) is 0 Å². The first-order chi connectivity index (χ1) is 22.2. The van der Waals surface area contributed by atoms with Crippen LogP contribution in [0.4, 0.5) is 0 Å². The lowest BCUT2D eigenvalue weighted by Crippen LogP contribution is -2.18. The summed E-state index contributed by atoms with van der Waals surface area (Å²) < 4.78 is 0. The Morgan fingerprint density at radius 3 is 1.09 bits per heavy atom. The molecule has 1 fully saturated rings. The zero-order valence-corrected chi connectivity index (χ0v) is 29.2. The van der Waals surface area contributed by atoms with E-state index in [4.69, 9.17) is 7.85 Å². The summed E-state index contributed by atoms with van der Waals surface area (Å²) in [6.45, 7) is 19.4. The smallest absolute Gasteiger partial charge is 0.0963 e. The second kappa shape index (κ2) is 8.41. The van der Waals surface area contributed by atoms with E-state index in [2.05, 4.69) is 128 Å². The number of fused-ring (bicyclic) bond motifs is 12. The lowest BCUT2D eigenvalue weighted by atomic mass is 9.76. The maximum Gasteiger partial charge on any atom is 0.113 e. The van der Waals surface area contributed by atoms with Crippen LogP contribution < -0.4 is 5.46 Å². The van der Waals surface area contributed by atoms with E-state index in [-0.39, 0.29) is 21.7 Å². The molecule has 230 valence electrons. The lowest BCUT2D eigenvalue weighted by Gasteiger charge is -2.28. The van der Waals surface area contributed by atoms with E-state index in [9.17, 15) is 0 Å². The Hall–Kier alpha value is -3.84. The summed E-state index contributed by atoms with van der Waals surface area (Å²) in [6, 6.07) is 29.3. The van der Waals surface area contributed by atoms with Crippen LogP contribution in [0.1, 0.15) is 131 Å². The minimum atomic E-state index is -0.0908. The number of hydrogen-bond acceptors (Lipinski definition) is 0. The first kappa shape index (κ1) is 28.2. The van der Waals surface area contributed by atoms with Crippen LogP contribution in [-0.4, -0.2) is 7.85 Å². The van der Waals surface area contributed by atoms with E-state index >= 15 is 0 Å². The highest BCUT2D eigenvalue weighted by Crippen LogP contribution is 2.61. The van der Waals surface area contributed by atoms with Crippen molar-refractivity contribution in [3.63, 3.8) is 0 Å². The van der Waals surface area contributed by atoms with Gasteiger partial charge in [0.25, 0.3) is 0 Å². The molecule has 0 amide bonds. The normalized spacial score (nSPS) is 20.3. The van der Waals surface area contributed by atoms with Gasteiger partial charge >= 0.3 is 0 Å². The van der Waals surface area contributed by atoms with Crippen LogP contribution in [0.5, 0.6) is 0 Å². The molecule has 5 aromatic rings. The number of rotatable bonds is 1. The molecular weight excluding hydrogens is 563 g/mol. The first-order valence-corrected chi connectivity index (χ1v) is 17.8. The molecule has 1 saturated carbocycles. The van der Waals surface area contributed by atoms with E-state index < -0.39 is 0 Å². The first-order valence-electron chi connectivity index (χ1n) is 17.8. The molecule has 0 aliphatic heterocycles. The topological polar surface area (TPSA) is 0 Å². The molecule has 0 atom stereocenters. The molecule has 5 aromatic carbocycles. The Morgan fingerprint density at radius 2 is 0.723 bits per heavy atom. The van der Waals surface area contributed by atoms with Crippen LogP contribution >= 0.6 is 0 Å². The van der Waals surface area contributed by atoms with Gasteiger partial charge in [0, 0.05) is 21.7 Å². The Bertz CT molecular complexity index is 2280. The Balaban J connectivity index is 1.14. The highest BCUT2D eigenvalue weighted by Gasteiger charge is 2.46.